The minimum Gasteiger partial charge on any atom is -0.379 e. The van der Waals surface area contributed by atoms with Crippen molar-refractivity contribution in [2.75, 3.05) is 47.6 Å². The van der Waals surface area contributed by atoms with Crippen LogP contribution < -0.4 is 5.32 Å². The van der Waals surface area contributed by atoms with E-state index in [9.17, 15) is 4.79 Å². The maximum absolute atomic E-state index is 11.1. The number of aliphatic hydroxyl groups excluding tert-OH is 1. The number of likely N-dealkylation sites (N-methyl/N-ethyl adjacent to an activating group) is 1. The van der Waals surface area contributed by atoms with Gasteiger partial charge in [0, 0.05) is 7.11 Å². The second-order valence-electron chi connectivity index (χ2n) is 3.57. The van der Waals surface area contributed by atoms with Gasteiger partial charge in [0.05, 0.1) is 20.7 Å². The van der Waals surface area contributed by atoms with Gasteiger partial charge in [0.25, 0.3) is 5.91 Å². The van der Waals surface area contributed by atoms with Crippen LogP contribution in [0.3, 0.4) is 0 Å². The first kappa shape index (κ1) is 12.3. The van der Waals surface area contributed by atoms with Crippen molar-refractivity contribution in [2.24, 2.45) is 0 Å². The Balaban J connectivity index is 3.79. The summed E-state index contributed by atoms with van der Waals surface area (Å²) in [7, 11) is 5.51. The first-order valence-corrected chi connectivity index (χ1v) is 4.20. The summed E-state index contributed by atoms with van der Waals surface area (Å²) in [5.41, 5.74) is 0. The number of hydrogen-bond donors (Lipinski definition) is 2. The highest BCUT2D eigenvalue weighted by molar-refractivity contribution is 5.76. The van der Waals surface area contributed by atoms with Crippen molar-refractivity contribution in [1.82, 2.24) is 5.32 Å². The third kappa shape index (κ3) is 6.51. The molecule has 0 aliphatic carbocycles. The van der Waals surface area contributed by atoms with E-state index in [0.29, 0.717) is 17.6 Å². The molecule has 0 unspecified atom stereocenters. The van der Waals surface area contributed by atoms with Crippen molar-refractivity contribution in [3.8, 4) is 0 Å². The maximum Gasteiger partial charge on any atom is 0.277 e. The van der Waals surface area contributed by atoms with Gasteiger partial charge in [-0.25, -0.2) is 0 Å². The number of nitrogens with one attached hydrogen (secondary N) is 1. The second-order valence-corrected chi connectivity index (χ2v) is 3.57. The number of carbonyl (C=O) groups is 1. The second kappa shape index (κ2) is 5.90. The first-order chi connectivity index (χ1) is 6.02. The van der Waals surface area contributed by atoms with E-state index in [1.54, 1.807) is 7.11 Å². The third-order valence-electron chi connectivity index (χ3n) is 1.75. The van der Waals surface area contributed by atoms with Gasteiger partial charge in [0.2, 0.25) is 0 Å². The lowest BCUT2D eigenvalue weighted by atomic mass is 10.4. The van der Waals surface area contributed by atoms with E-state index < -0.39 is 0 Å². The average molecular weight is 191 g/mol. The molecular weight excluding hydrogens is 172 g/mol. The van der Waals surface area contributed by atoms with Crippen LogP contribution in [0.5, 0.6) is 0 Å². The van der Waals surface area contributed by atoms with Crippen LogP contribution in [0.25, 0.3) is 0 Å². The van der Waals surface area contributed by atoms with E-state index in [-0.39, 0.29) is 12.6 Å². The summed E-state index contributed by atoms with van der Waals surface area (Å²) in [4.78, 5) is 11.1. The van der Waals surface area contributed by atoms with Gasteiger partial charge < -0.3 is 19.6 Å². The molecule has 0 rings (SSSR count). The van der Waals surface area contributed by atoms with Crippen LogP contribution in [0.4, 0.5) is 0 Å². The lowest BCUT2D eigenvalue weighted by molar-refractivity contribution is -0.882. The number of hydrogen-bond acceptors (Lipinski definition) is 3. The number of quaternary nitrogens is 1. The van der Waals surface area contributed by atoms with E-state index >= 15 is 0 Å². The molecule has 0 atom stereocenters. The summed E-state index contributed by atoms with van der Waals surface area (Å²) < 4.78 is 5.48. The lowest BCUT2D eigenvalue weighted by Gasteiger charge is -2.28. The van der Waals surface area contributed by atoms with Gasteiger partial charge in [-0.2, -0.15) is 0 Å². The molecule has 0 aromatic rings. The number of aliphatic hydroxyl groups is 1. The Morgan fingerprint density at radius 1 is 1.54 bits per heavy atom. The molecule has 5 heteroatoms. The molecular formula is C8H19N2O3+. The van der Waals surface area contributed by atoms with Gasteiger partial charge >= 0.3 is 0 Å². The quantitative estimate of drug-likeness (QED) is 0.408. The fraction of sp³-hybridized carbons (Fsp3) is 0.875. The average Bonchev–Trinajstić information content (AvgIpc) is 2.00. The molecule has 0 bridgehead atoms. The SMILES string of the molecule is COCC[N+](C)(C)CC(=O)NCO. The molecule has 0 aliphatic rings. The molecule has 0 radical (unpaired) electrons. The van der Waals surface area contributed by atoms with Gasteiger partial charge in [-0.1, -0.05) is 0 Å². The molecule has 2 N–H and O–H groups in total. The minimum absolute atomic E-state index is 0.149. The Morgan fingerprint density at radius 3 is 2.62 bits per heavy atom. The zero-order valence-electron chi connectivity index (χ0n) is 8.54. The van der Waals surface area contributed by atoms with Crippen LogP contribution in [-0.2, 0) is 9.53 Å². The number of nitrogens with zero attached hydrogens (tertiary/aromatic N) is 1. The normalized spacial score (nSPS) is 11.4. The largest absolute Gasteiger partial charge is 0.379 e. The monoisotopic (exact) mass is 191 g/mol. The Kier molecular flexibility index (Phi) is 5.61. The zero-order valence-corrected chi connectivity index (χ0v) is 8.54. The van der Waals surface area contributed by atoms with Crippen LogP contribution in [0.1, 0.15) is 0 Å². The Bertz CT molecular complexity index is 159. The molecule has 0 saturated heterocycles. The fourth-order valence-electron chi connectivity index (χ4n) is 0.950. The van der Waals surface area contributed by atoms with Gasteiger partial charge in [-0.05, 0) is 0 Å². The smallest absolute Gasteiger partial charge is 0.277 e. The predicted molar refractivity (Wildman–Crippen MR) is 48.9 cm³/mol. The number of carbonyl (C=O) groups excluding carboxylic acids is 1. The molecule has 0 aromatic heterocycles. The van der Waals surface area contributed by atoms with Crippen LogP contribution >= 0.6 is 0 Å². The Morgan fingerprint density at radius 2 is 2.15 bits per heavy atom. The Hall–Kier alpha value is -0.650. The molecule has 5 nitrogen and oxygen atoms in total. The molecule has 78 valence electrons. The molecule has 0 spiro atoms. The van der Waals surface area contributed by atoms with E-state index in [4.69, 9.17) is 9.84 Å². The topological polar surface area (TPSA) is 58.6 Å². The highest BCUT2D eigenvalue weighted by atomic mass is 16.5. The van der Waals surface area contributed by atoms with Crippen molar-refractivity contribution in [1.29, 1.82) is 0 Å². The number of rotatable bonds is 6. The first-order valence-electron chi connectivity index (χ1n) is 4.20. The summed E-state index contributed by atoms with van der Waals surface area (Å²) in [6, 6.07) is 0. The van der Waals surface area contributed by atoms with Crippen LogP contribution in [0, 0.1) is 0 Å². The molecule has 0 aliphatic heterocycles. The summed E-state index contributed by atoms with van der Waals surface area (Å²) in [6.45, 7) is 1.45. The van der Waals surface area contributed by atoms with E-state index in [1.807, 2.05) is 14.1 Å². The van der Waals surface area contributed by atoms with Crippen molar-refractivity contribution in [3.05, 3.63) is 0 Å². The molecule has 13 heavy (non-hydrogen) atoms. The standard InChI is InChI=1S/C8H18N2O3/c1-10(2,4-5-13-3)6-8(12)9-7-11/h11H,4-7H2,1-3H3/p+1. The lowest BCUT2D eigenvalue weighted by Crippen LogP contribution is -2.49. The van der Waals surface area contributed by atoms with Crippen LogP contribution in [0.15, 0.2) is 0 Å². The molecule has 0 fully saturated rings. The predicted octanol–water partition coefficient (Wildman–Crippen LogP) is -1.22. The highest BCUT2D eigenvalue weighted by Gasteiger charge is 2.18. The summed E-state index contributed by atoms with van der Waals surface area (Å²) in [6.07, 6.45) is 0. The van der Waals surface area contributed by atoms with Gasteiger partial charge in [0.15, 0.2) is 6.54 Å². The van der Waals surface area contributed by atoms with Crippen molar-refractivity contribution in [2.45, 2.75) is 0 Å². The van der Waals surface area contributed by atoms with Gasteiger partial charge in [-0.3, -0.25) is 4.79 Å². The van der Waals surface area contributed by atoms with Gasteiger partial charge in [0.1, 0.15) is 13.3 Å². The van der Waals surface area contributed by atoms with Crippen molar-refractivity contribution < 1.29 is 19.1 Å². The summed E-state index contributed by atoms with van der Waals surface area (Å²) >= 11 is 0. The number of ether oxygens (including phenoxy) is 1. The van der Waals surface area contributed by atoms with E-state index in [1.165, 1.54) is 0 Å². The minimum atomic E-state index is -0.302. The van der Waals surface area contributed by atoms with Crippen molar-refractivity contribution >= 4 is 5.91 Å². The molecule has 0 saturated carbocycles. The molecule has 0 aromatic carbocycles. The number of methoxy groups -OCH3 is 1. The third-order valence-corrected chi connectivity index (χ3v) is 1.75. The van der Waals surface area contributed by atoms with E-state index in [2.05, 4.69) is 5.32 Å². The maximum atomic E-state index is 11.1. The molecule has 1 amide bonds. The number of amides is 1. The molecule has 0 heterocycles. The van der Waals surface area contributed by atoms with Crippen molar-refractivity contribution in [3.63, 3.8) is 0 Å². The highest BCUT2D eigenvalue weighted by Crippen LogP contribution is 1.95. The summed E-state index contributed by atoms with van der Waals surface area (Å²) in [5, 5.41) is 10.8. The van der Waals surface area contributed by atoms with Crippen LogP contribution in [0.2, 0.25) is 0 Å². The summed E-state index contributed by atoms with van der Waals surface area (Å²) in [5.74, 6) is -0.149. The zero-order chi connectivity index (χ0) is 10.3. The fourth-order valence-corrected chi connectivity index (χ4v) is 0.950. The van der Waals surface area contributed by atoms with Crippen LogP contribution in [-0.4, -0.2) is 63.1 Å². The van der Waals surface area contributed by atoms with E-state index in [0.717, 1.165) is 6.54 Å². The Labute approximate surface area is 78.9 Å². The van der Waals surface area contributed by atoms with Gasteiger partial charge in [-0.15, -0.1) is 0 Å².